The number of carbonyl (C=O) groups is 1. The molecule has 0 aromatic heterocycles. The molecule has 0 bridgehead atoms. The van der Waals surface area contributed by atoms with Gasteiger partial charge in [0, 0.05) is 10.9 Å². The molecule has 0 radical (unpaired) electrons. The Hall–Kier alpha value is -0.453. The number of benzene rings is 1. The molecule has 0 saturated heterocycles. The van der Waals surface area contributed by atoms with Gasteiger partial charge in [0.2, 0.25) is 0 Å². The molecule has 0 fully saturated rings. The fourth-order valence-electron chi connectivity index (χ4n) is 1.62. The lowest BCUT2D eigenvalue weighted by Crippen LogP contribution is -2.42. The average Bonchev–Trinajstić information content (AvgIpc) is 2.26. The largest absolute Gasteiger partial charge is 0.405 e. The van der Waals surface area contributed by atoms with Crippen LogP contribution in [0.5, 0.6) is 0 Å². The van der Waals surface area contributed by atoms with Gasteiger partial charge in [0.15, 0.2) is 0 Å². The topological polar surface area (TPSA) is 26.3 Å². The Balaban J connectivity index is 2.59. The van der Waals surface area contributed by atoms with E-state index in [0.29, 0.717) is 13.0 Å². The van der Waals surface area contributed by atoms with E-state index in [9.17, 15) is 4.79 Å². The molecule has 1 rings (SSSR count). The van der Waals surface area contributed by atoms with Gasteiger partial charge in [-0.3, -0.25) is 0 Å². The van der Waals surface area contributed by atoms with E-state index >= 15 is 0 Å². The number of rotatable bonds is 5. The summed E-state index contributed by atoms with van der Waals surface area (Å²) in [6, 6.07) is 8.01. The highest BCUT2D eigenvalue weighted by atomic mass is 79.9. The normalized spacial score (nSPS) is 12.5. The van der Waals surface area contributed by atoms with Crippen LogP contribution < -0.4 is 0 Å². The second-order valence-corrected chi connectivity index (χ2v) is 11.4. The molecule has 2 nitrogen and oxygen atoms in total. The maximum absolute atomic E-state index is 12.3. The molecule has 0 amide bonds. The van der Waals surface area contributed by atoms with Crippen LogP contribution in [0.2, 0.25) is 13.1 Å². The Morgan fingerprint density at radius 2 is 1.74 bits per heavy atom. The van der Waals surface area contributed by atoms with Crippen molar-refractivity contribution in [3.63, 3.8) is 0 Å². The SMILES string of the molecule is CC(C)(C)CC(=O)[Si](C)(C)OCc1ccc(Br)cc1. The second-order valence-electron chi connectivity index (χ2n) is 6.59. The van der Waals surface area contributed by atoms with Crippen molar-refractivity contribution >= 4 is 29.7 Å². The quantitative estimate of drug-likeness (QED) is 0.724. The molecule has 0 aliphatic heterocycles. The van der Waals surface area contributed by atoms with Crippen molar-refractivity contribution in [2.75, 3.05) is 0 Å². The standard InChI is InChI=1S/C15H23BrO2Si/c1-15(2,3)10-14(17)19(4,5)18-11-12-6-8-13(16)9-7-12/h6-9H,10-11H2,1-5H3. The third kappa shape index (κ3) is 6.02. The maximum atomic E-state index is 12.3. The van der Waals surface area contributed by atoms with Crippen molar-refractivity contribution in [2.45, 2.75) is 46.9 Å². The van der Waals surface area contributed by atoms with Gasteiger partial charge in [0.1, 0.15) is 5.41 Å². The first kappa shape index (κ1) is 16.6. The van der Waals surface area contributed by atoms with Gasteiger partial charge >= 0.3 is 0 Å². The minimum absolute atomic E-state index is 0.0301. The minimum Gasteiger partial charge on any atom is -0.405 e. The summed E-state index contributed by atoms with van der Waals surface area (Å²) in [5.74, 6) is 0. The molecule has 106 valence electrons. The highest BCUT2D eigenvalue weighted by Crippen LogP contribution is 2.23. The number of hydrogen-bond acceptors (Lipinski definition) is 2. The lowest BCUT2D eigenvalue weighted by Gasteiger charge is -2.26. The van der Waals surface area contributed by atoms with Crippen LogP contribution in [0, 0.1) is 5.41 Å². The summed E-state index contributed by atoms with van der Waals surface area (Å²) in [6.45, 7) is 10.8. The van der Waals surface area contributed by atoms with E-state index in [4.69, 9.17) is 4.43 Å². The van der Waals surface area contributed by atoms with Crippen LogP contribution in [0.3, 0.4) is 0 Å². The van der Waals surface area contributed by atoms with E-state index in [1.165, 1.54) is 0 Å². The third-order valence-electron chi connectivity index (χ3n) is 2.88. The predicted octanol–water partition coefficient (Wildman–Crippen LogP) is 4.72. The molecular formula is C15H23BrO2Si. The Kier molecular flexibility index (Phi) is 5.53. The summed E-state index contributed by atoms with van der Waals surface area (Å²) in [5, 5.41) is 0.289. The molecule has 0 atom stereocenters. The van der Waals surface area contributed by atoms with Crippen molar-refractivity contribution in [3.8, 4) is 0 Å². The number of carbonyl (C=O) groups excluding carboxylic acids is 1. The Morgan fingerprint density at radius 3 is 2.21 bits per heavy atom. The summed E-state index contributed by atoms with van der Waals surface area (Å²) < 4.78 is 6.99. The Labute approximate surface area is 125 Å². The van der Waals surface area contributed by atoms with Gasteiger partial charge in [-0.05, 0) is 36.2 Å². The van der Waals surface area contributed by atoms with Gasteiger partial charge in [-0.2, -0.15) is 0 Å². The molecule has 0 saturated carbocycles. The Morgan fingerprint density at radius 1 is 1.21 bits per heavy atom. The minimum atomic E-state index is -2.26. The molecule has 0 spiro atoms. The molecule has 1 aromatic carbocycles. The highest BCUT2D eigenvalue weighted by molar-refractivity contribution is 9.10. The van der Waals surface area contributed by atoms with E-state index in [-0.39, 0.29) is 10.8 Å². The molecule has 0 aliphatic carbocycles. The second kappa shape index (κ2) is 6.33. The van der Waals surface area contributed by atoms with E-state index in [1.807, 2.05) is 37.4 Å². The van der Waals surface area contributed by atoms with Crippen LogP contribution in [-0.4, -0.2) is 13.7 Å². The summed E-state index contributed by atoms with van der Waals surface area (Å²) in [5.41, 5.74) is 1.13. The summed E-state index contributed by atoms with van der Waals surface area (Å²) >= 11 is 3.41. The van der Waals surface area contributed by atoms with E-state index in [1.54, 1.807) is 0 Å². The van der Waals surface area contributed by atoms with Gasteiger partial charge in [0.05, 0.1) is 6.61 Å². The van der Waals surface area contributed by atoms with Gasteiger partial charge in [-0.15, -0.1) is 0 Å². The number of hydrogen-bond donors (Lipinski definition) is 0. The third-order valence-corrected chi connectivity index (χ3v) is 5.79. The van der Waals surface area contributed by atoms with Gasteiger partial charge < -0.3 is 9.22 Å². The van der Waals surface area contributed by atoms with Crippen molar-refractivity contribution in [1.29, 1.82) is 0 Å². The van der Waals surface area contributed by atoms with Crippen molar-refractivity contribution in [1.82, 2.24) is 0 Å². The zero-order chi connectivity index (χ0) is 14.7. The fourth-order valence-corrected chi connectivity index (χ4v) is 3.53. The van der Waals surface area contributed by atoms with Crippen molar-refractivity contribution in [2.24, 2.45) is 5.41 Å². The van der Waals surface area contributed by atoms with E-state index in [2.05, 4.69) is 36.7 Å². The first-order valence-corrected chi connectivity index (χ1v) is 10.2. The van der Waals surface area contributed by atoms with Crippen molar-refractivity contribution < 1.29 is 9.22 Å². The van der Waals surface area contributed by atoms with Crippen LogP contribution in [0.15, 0.2) is 28.7 Å². The fraction of sp³-hybridized carbons (Fsp3) is 0.533. The summed E-state index contributed by atoms with van der Waals surface area (Å²) in [7, 11) is -2.26. The van der Waals surface area contributed by atoms with Crippen molar-refractivity contribution in [3.05, 3.63) is 34.3 Å². The number of halogens is 1. The monoisotopic (exact) mass is 342 g/mol. The van der Waals surface area contributed by atoms with Gasteiger partial charge in [0.25, 0.3) is 8.32 Å². The van der Waals surface area contributed by atoms with Crippen LogP contribution in [0.1, 0.15) is 32.8 Å². The molecule has 19 heavy (non-hydrogen) atoms. The van der Waals surface area contributed by atoms with E-state index in [0.717, 1.165) is 10.0 Å². The zero-order valence-electron chi connectivity index (χ0n) is 12.4. The molecular weight excluding hydrogens is 320 g/mol. The first-order valence-electron chi connectivity index (χ1n) is 6.52. The molecule has 1 aromatic rings. The van der Waals surface area contributed by atoms with Gasteiger partial charge in [-0.1, -0.05) is 48.8 Å². The summed E-state index contributed by atoms with van der Waals surface area (Å²) in [6.07, 6.45) is 0.590. The lowest BCUT2D eigenvalue weighted by atomic mass is 9.93. The predicted molar refractivity (Wildman–Crippen MR) is 85.5 cm³/mol. The lowest BCUT2D eigenvalue weighted by molar-refractivity contribution is -0.115. The van der Waals surface area contributed by atoms with Crippen LogP contribution in [0.4, 0.5) is 0 Å². The zero-order valence-corrected chi connectivity index (χ0v) is 15.0. The van der Waals surface area contributed by atoms with Crippen LogP contribution in [0.25, 0.3) is 0 Å². The Bertz CT molecular complexity index is 432. The smallest absolute Gasteiger partial charge is 0.259 e. The molecule has 0 unspecified atom stereocenters. The molecule has 0 heterocycles. The first-order chi connectivity index (χ1) is 8.60. The highest BCUT2D eigenvalue weighted by Gasteiger charge is 2.34. The average molecular weight is 343 g/mol. The van der Waals surface area contributed by atoms with E-state index < -0.39 is 8.32 Å². The van der Waals surface area contributed by atoms with Gasteiger partial charge in [-0.25, -0.2) is 0 Å². The van der Waals surface area contributed by atoms with Crippen LogP contribution in [-0.2, 0) is 15.8 Å². The van der Waals surface area contributed by atoms with Crippen LogP contribution >= 0.6 is 15.9 Å². The molecule has 0 aliphatic rings. The molecule has 4 heteroatoms. The summed E-state index contributed by atoms with van der Waals surface area (Å²) in [4.78, 5) is 12.3. The molecule has 0 N–H and O–H groups in total. The maximum Gasteiger partial charge on any atom is 0.259 e.